The Labute approximate surface area is 128 Å². The van der Waals surface area contributed by atoms with E-state index in [9.17, 15) is 0 Å². The van der Waals surface area contributed by atoms with Crippen LogP contribution in [0.4, 0.5) is 17.3 Å². The predicted molar refractivity (Wildman–Crippen MR) is 87.8 cm³/mol. The average molecular weight is 335 g/mol. The maximum Gasteiger partial charge on any atom is 0.135 e. The molecule has 0 saturated heterocycles. The molecule has 0 spiro atoms. The summed E-state index contributed by atoms with van der Waals surface area (Å²) in [6, 6.07) is 8.13. The molecule has 0 unspecified atom stereocenters. The summed E-state index contributed by atoms with van der Waals surface area (Å²) in [6.45, 7) is 8.18. The van der Waals surface area contributed by atoms with Crippen molar-refractivity contribution >= 4 is 33.3 Å². The number of hydrogen-bond acceptors (Lipinski definition) is 4. The molecule has 0 aliphatic rings. The molecule has 4 nitrogen and oxygen atoms in total. The minimum atomic E-state index is 0.803. The van der Waals surface area contributed by atoms with Gasteiger partial charge in [0.1, 0.15) is 18.0 Å². The van der Waals surface area contributed by atoms with Crippen LogP contribution < -0.4 is 10.2 Å². The van der Waals surface area contributed by atoms with E-state index in [2.05, 4.69) is 69.0 Å². The van der Waals surface area contributed by atoms with Crippen LogP contribution in [0.3, 0.4) is 0 Å². The summed E-state index contributed by atoms with van der Waals surface area (Å²) in [4.78, 5) is 10.8. The highest BCUT2D eigenvalue weighted by molar-refractivity contribution is 9.10. The average Bonchev–Trinajstić information content (AvgIpc) is 2.45. The Morgan fingerprint density at radius 2 is 1.90 bits per heavy atom. The van der Waals surface area contributed by atoms with E-state index >= 15 is 0 Å². The zero-order valence-electron chi connectivity index (χ0n) is 12.0. The number of aryl methyl sites for hydroxylation is 1. The first-order valence-corrected chi connectivity index (χ1v) is 7.53. The zero-order valence-corrected chi connectivity index (χ0v) is 13.6. The van der Waals surface area contributed by atoms with Crippen LogP contribution in [0.5, 0.6) is 0 Å². The Hall–Kier alpha value is -1.62. The van der Waals surface area contributed by atoms with Crippen molar-refractivity contribution in [3.05, 3.63) is 40.6 Å². The first-order valence-electron chi connectivity index (χ1n) is 6.74. The second-order valence-corrected chi connectivity index (χ2v) is 5.38. The maximum absolute atomic E-state index is 4.32. The summed E-state index contributed by atoms with van der Waals surface area (Å²) in [5.74, 6) is 1.75. The molecular formula is C15H19BrN4. The van der Waals surface area contributed by atoms with Crippen LogP contribution in [0.15, 0.2) is 35.1 Å². The van der Waals surface area contributed by atoms with Crippen molar-refractivity contribution in [2.45, 2.75) is 20.8 Å². The molecule has 0 aliphatic carbocycles. The first kappa shape index (κ1) is 14.8. The highest BCUT2D eigenvalue weighted by Gasteiger charge is 2.05. The number of anilines is 3. The van der Waals surface area contributed by atoms with Gasteiger partial charge in [0.15, 0.2) is 0 Å². The van der Waals surface area contributed by atoms with Crippen molar-refractivity contribution < 1.29 is 0 Å². The van der Waals surface area contributed by atoms with Crippen molar-refractivity contribution in [1.82, 2.24) is 9.97 Å². The summed E-state index contributed by atoms with van der Waals surface area (Å²) in [5.41, 5.74) is 2.22. The fraction of sp³-hybridized carbons (Fsp3) is 0.333. The maximum atomic E-state index is 4.32. The Morgan fingerprint density at radius 3 is 2.55 bits per heavy atom. The summed E-state index contributed by atoms with van der Waals surface area (Å²) in [6.07, 6.45) is 1.60. The van der Waals surface area contributed by atoms with E-state index in [0.29, 0.717) is 0 Å². The molecule has 1 heterocycles. The van der Waals surface area contributed by atoms with Gasteiger partial charge in [-0.25, -0.2) is 9.97 Å². The zero-order chi connectivity index (χ0) is 14.5. The lowest BCUT2D eigenvalue weighted by molar-refractivity contribution is 0.842. The lowest BCUT2D eigenvalue weighted by atomic mass is 10.2. The number of rotatable bonds is 5. The van der Waals surface area contributed by atoms with Crippen molar-refractivity contribution in [3.63, 3.8) is 0 Å². The van der Waals surface area contributed by atoms with Gasteiger partial charge in [-0.3, -0.25) is 0 Å². The lowest BCUT2D eigenvalue weighted by Gasteiger charge is -2.19. The normalized spacial score (nSPS) is 10.4. The molecule has 20 heavy (non-hydrogen) atoms. The molecule has 0 aliphatic heterocycles. The third-order valence-corrected chi connectivity index (χ3v) is 4.04. The van der Waals surface area contributed by atoms with Gasteiger partial charge in [0, 0.05) is 29.3 Å². The molecule has 0 bridgehead atoms. The van der Waals surface area contributed by atoms with Gasteiger partial charge >= 0.3 is 0 Å². The van der Waals surface area contributed by atoms with Gasteiger partial charge in [0.25, 0.3) is 0 Å². The van der Waals surface area contributed by atoms with Crippen LogP contribution >= 0.6 is 15.9 Å². The van der Waals surface area contributed by atoms with Crippen molar-refractivity contribution in [2.24, 2.45) is 0 Å². The van der Waals surface area contributed by atoms with Crippen LogP contribution in [-0.2, 0) is 0 Å². The fourth-order valence-electron chi connectivity index (χ4n) is 1.95. The van der Waals surface area contributed by atoms with E-state index in [1.165, 1.54) is 5.56 Å². The minimum absolute atomic E-state index is 0.803. The highest BCUT2D eigenvalue weighted by atomic mass is 79.9. The van der Waals surface area contributed by atoms with E-state index in [4.69, 9.17) is 0 Å². The molecule has 1 aromatic heterocycles. The number of halogens is 1. The van der Waals surface area contributed by atoms with Crippen LogP contribution in [0.25, 0.3) is 0 Å². The van der Waals surface area contributed by atoms with E-state index in [-0.39, 0.29) is 0 Å². The number of hydrogen-bond donors (Lipinski definition) is 1. The quantitative estimate of drug-likeness (QED) is 0.892. The van der Waals surface area contributed by atoms with Gasteiger partial charge in [-0.1, -0.05) is 22.0 Å². The van der Waals surface area contributed by atoms with E-state index in [0.717, 1.165) is 34.9 Å². The third kappa shape index (κ3) is 3.48. The van der Waals surface area contributed by atoms with Crippen LogP contribution in [0.2, 0.25) is 0 Å². The summed E-state index contributed by atoms with van der Waals surface area (Å²) < 4.78 is 1.08. The molecule has 0 amide bonds. The lowest BCUT2D eigenvalue weighted by Crippen LogP contribution is -2.23. The Bertz CT molecular complexity index is 582. The smallest absolute Gasteiger partial charge is 0.135 e. The van der Waals surface area contributed by atoms with Crippen LogP contribution in [-0.4, -0.2) is 23.1 Å². The molecule has 2 rings (SSSR count). The summed E-state index contributed by atoms with van der Waals surface area (Å²) >= 11 is 3.54. The van der Waals surface area contributed by atoms with E-state index in [1.807, 2.05) is 12.1 Å². The number of nitrogens with one attached hydrogen (secondary N) is 1. The Balaban J connectivity index is 2.21. The summed E-state index contributed by atoms with van der Waals surface area (Å²) in [7, 11) is 0. The molecule has 1 N–H and O–H groups in total. The van der Waals surface area contributed by atoms with E-state index in [1.54, 1.807) is 6.33 Å². The molecule has 0 saturated carbocycles. The van der Waals surface area contributed by atoms with Gasteiger partial charge in [-0.15, -0.1) is 0 Å². The molecule has 106 valence electrons. The Kier molecular flexibility index (Phi) is 4.95. The highest BCUT2D eigenvalue weighted by Crippen LogP contribution is 2.23. The van der Waals surface area contributed by atoms with Gasteiger partial charge < -0.3 is 10.2 Å². The Morgan fingerprint density at radius 1 is 1.15 bits per heavy atom. The molecule has 0 fully saturated rings. The SMILES string of the molecule is CCN(CC)c1cc(Nc2ccc(C)c(Br)c2)ncn1. The third-order valence-electron chi connectivity index (χ3n) is 3.18. The number of aromatic nitrogens is 2. The van der Waals surface area contributed by atoms with Crippen molar-refractivity contribution in [1.29, 1.82) is 0 Å². The molecule has 2 aromatic rings. The van der Waals surface area contributed by atoms with Gasteiger partial charge in [-0.05, 0) is 38.5 Å². The molecule has 0 atom stereocenters. The molecule has 5 heteroatoms. The van der Waals surface area contributed by atoms with Crippen molar-refractivity contribution in [2.75, 3.05) is 23.3 Å². The molecule has 0 radical (unpaired) electrons. The van der Waals surface area contributed by atoms with Crippen LogP contribution in [0, 0.1) is 6.92 Å². The van der Waals surface area contributed by atoms with Gasteiger partial charge in [0.05, 0.1) is 0 Å². The summed E-state index contributed by atoms with van der Waals surface area (Å²) in [5, 5.41) is 3.31. The molecular weight excluding hydrogens is 316 g/mol. The monoisotopic (exact) mass is 334 g/mol. The topological polar surface area (TPSA) is 41.0 Å². The number of nitrogens with zero attached hydrogens (tertiary/aromatic N) is 3. The standard InChI is InChI=1S/C15H19BrN4/c1-4-20(5-2)15-9-14(17-10-18-15)19-12-7-6-11(3)13(16)8-12/h6-10H,4-5H2,1-3H3,(H,17,18,19). The van der Waals surface area contributed by atoms with E-state index < -0.39 is 0 Å². The van der Waals surface area contributed by atoms with Crippen LogP contribution in [0.1, 0.15) is 19.4 Å². The minimum Gasteiger partial charge on any atom is -0.357 e. The largest absolute Gasteiger partial charge is 0.357 e. The van der Waals surface area contributed by atoms with Gasteiger partial charge in [0.2, 0.25) is 0 Å². The predicted octanol–water partition coefficient (Wildman–Crippen LogP) is 4.14. The van der Waals surface area contributed by atoms with Crippen molar-refractivity contribution in [3.8, 4) is 0 Å². The molecule has 1 aromatic carbocycles. The van der Waals surface area contributed by atoms with Gasteiger partial charge in [-0.2, -0.15) is 0 Å². The second kappa shape index (κ2) is 6.70. The number of benzene rings is 1. The first-order chi connectivity index (χ1) is 9.63. The fourth-order valence-corrected chi connectivity index (χ4v) is 2.33. The second-order valence-electron chi connectivity index (χ2n) is 4.52.